The summed E-state index contributed by atoms with van der Waals surface area (Å²) in [5.41, 5.74) is 0.352. The largest absolute Gasteiger partial charge is 0.496 e. The van der Waals surface area contributed by atoms with Crippen LogP contribution in [0.25, 0.3) is 0 Å². The lowest BCUT2D eigenvalue weighted by molar-refractivity contribution is -0.149. The molecular weight excluding hydrogens is 355 g/mol. The lowest BCUT2D eigenvalue weighted by atomic mass is 10.1. The van der Waals surface area contributed by atoms with Gasteiger partial charge in [-0.05, 0) is 40.5 Å². The van der Waals surface area contributed by atoms with Crippen LogP contribution in [-0.4, -0.2) is 32.4 Å². The summed E-state index contributed by atoms with van der Waals surface area (Å²) in [7, 11) is 1.46. The Balaban J connectivity index is 2.99. The van der Waals surface area contributed by atoms with Gasteiger partial charge < -0.3 is 9.47 Å². The molecule has 0 saturated heterocycles. The van der Waals surface area contributed by atoms with Gasteiger partial charge in [0.15, 0.2) is 0 Å². The third-order valence-corrected chi connectivity index (χ3v) is 3.16. The van der Waals surface area contributed by atoms with Gasteiger partial charge in [0, 0.05) is 0 Å². The van der Waals surface area contributed by atoms with Crippen LogP contribution < -0.4 is 10.1 Å². The van der Waals surface area contributed by atoms with Crippen molar-refractivity contribution in [2.24, 2.45) is 0 Å². The van der Waals surface area contributed by atoms with Crippen LogP contribution in [0.2, 0.25) is 0 Å². The molecule has 0 spiro atoms. The summed E-state index contributed by atoms with van der Waals surface area (Å²) in [4.78, 5) is 11.8. The third kappa shape index (κ3) is 5.55. The molecule has 0 aliphatic carbocycles. The standard InChI is InChI=1S/C13H15BrF3NO3/c1-3-21-12(19)11(18-7-13(15,16)17)8-4-5-10(20-2)9(14)6-8/h4-6,11,18H,3,7H2,1-2H3. The summed E-state index contributed by atoms with van der Waals surface area (Å²) in [5, 5.41) is 2.16. The maximum atomic E-state index is 12.3. The van der Waals surface area contributed by atoms with E-state index in [0.717, 1.165) is 0 Å². The molecule has 8 heteroatoms. The normalized spacial score (nSPS) is 12.9. The summed E-state index contributed by atoms with van der Waals surface area (Å²) in [6.45, 7) is 0.378. The van der Waals surface area contributed by atoms with Crippen LogP contribution in [-0.2, 0) is 9.53 Å². The number of halogens is 4. The van der Waals surface area contributed by atoms with Crippen LogP contribution >= 0.6 is 15.9 Å². The van der Waals surface area contributed by atoms with Gasteiger partial charge in [-0.3, -0.25) is 5.32 Å². The van der Waals surface area contributed by atoms with E-state index in [1.807, 2.05) is 0 Å². The minimum Gasteiger partial charge on any atom is -0.496 e. The highest BCUT2D eigenvalue weighted by molar-refractivity contribution is 9.10. The van der Waals surface area contributed by atoms with Crippen molar-refractivity contribution < 1.29 is 27.4 Å². The van der Waals surface area contributed by atoms with E-state index >= 15 is 0 Å². The van der Waals surface area contributed by atoms with Gasteiger partial charge >= 0.3 is 12.1 Å². The molecule has 0 bridgehead atoms. The second-order valence-corrected chi connectivity index (χ2v) is 4.93. The minimum absolute atomic E-state index is 0.0837. The summed E-state index contributed by atoms with van der Waals surface area (Å²) in [6, 6.07) is 3.38. The zero-order chi connectivity index (χ0) is 16.0. The number of hydrogen-bond acceptors (Lipinski definition) is 4. The van der Waals surface area contributed by atoms with E-state index in [-0.39, 0.29) is 6.61 Å². The van der Waals surface area contributed by atoms with Crippen LogP contribution in [0.15, 0.2) is 22.7 Å². The Labute approximate surface area is 128 Å². The van der Waals surface area contributed by atoms with E-state index in [1.54, 1.807) is 13.0 Å². The first-order chi connectivity index (χ1) is 9.78. The second-order valence-electron chi connectivity index (χ2n) is 4.08. The van der Waals surface area contributed by atoms with E-state index < -0.39 is 24.7 Å². The van der Waals surface area contributed by atoms with Crippen molar-refractivity contribution in [1.82, 2.24) is 5.32 Å². The number of esters is 1. The van der Waals surface area contributed by atoms with Crippen molar-refractivity contribution in [3.05, 3.63) is 28.2 Å². The van der Waals surface area contributed by atoms with Crippen LogP contribution in [0, 0.1) is 0 Å². The molecule has 1 N–H and O–H groups in total. The third-order valence-electron chi connectivity index (χ3n) is 2.54. The molecular formula is C13H15BrF3NO3. The molecule has 1 aromatic carbocycles. The number of benzene rings is 1. The highest BCUT2D eigenvalue weighted by atomic mass is 79.9. The lowest BCUT2D eigenvalue weighted by Gasteiger charge is -2.19. The number of rotatable bonds is 6. The molecule has 1 atom stereocenters. The molecule has 0 amide bonds. The van der Waals surface area contributed by atoms with Crippen molar-refractivity contribution in [3.63, 3.8) is 0 Å². The van der Waals surface area contributed by atoms with Crippen LogP contribution in [0.3, 0.4) is 0 Å². The molecule has 21 heavy (non-hydrogen) atoms. The van der Waals surface area contributed by atoms with Crippen molar-refractivity contribution >= 4 is 21.9 Å². The molecule has 1 aromatic rings. The maximum Gasteiger partial charge on any atom is 0.401 e. The number of alkyl halides is 3. The summed E-state index contributed by atoms with van der Waals surface area (Å²) in [6.07, 6.45) is -4.42. The highest BCUT2D eigenvalue weighted by Crippen LogP contribution is 2.29. The Bertz CT molecular complexity index is 494. The summed E-state index contributed by atoms with van der Waals surface area (Å²) in [5.74, 6) is -0.254. The molecule has 1 unspecified atom stereocenters. The van der Waals surface area contributed by atoms with Gasteiger partial charge in [0.05, 0.1) is 24.7 Å². The van der Waals surface area contributed by atoms with Gasteiger partial charge in [0.2, 0.25) is 0 Å². The van der Waals surface area contributed by atoms with Gasteiger partial charge in [-0.2, -0.15) is 13.2 Å². The number of methoxy groups -OCH3 is 1. The van der Waals surface area contributed by atoms with E-state index in [1.165, 1.54) is 19.2 Å². The summed E-state index contributed by atoms with van der Waals surface area (Å²) >= 11 is 3.23. The Morgan fingerprint density at radius 3 is 2.57 bits per heavy atom. The Kier molecular flexibility index (Phi) is 6.47. The Morgan fingerprint density at radius 1 is 1.43 bits per heavy atom. The average Bonchev–Trinajstić information content (AvgIpc) is 2.38. The molecule has 0 aromatic heterocycles. The number of ether oxygens (including phenoxy) is 2. The SMILES string of the molecule is CCOC(=O)C(NCC(F)(F)F)c1ccc(OC)c(Br)c1. The zero-order valence-electron chi connectivity index (χ0n) is 11.5. The predicted molar refractivity (Wildman–Crippen MR) is 74.1 cm³/mol. The zero-order valence-corrected chi connectivity index (χ0v) is 13.0. The Morgan fingerprint density at radius 2 is 2.10 bits per heavy atom. The van der Waals surface area contributed by atoms with Gasteiger partial charge in [-0.15, -0.1) is 0 Å². The van der Waals surface area contributed by atoms with Gasteiger partial charge in [-0.25, -0.2) is 4.79 Å². The average molecular weight is 370 g/mol. The Hall–Kier alpha value is -1.28. The molecule has 0 heterocycles. The first-order valence-electron chi connectivity index (χ1n) is 6.08. The van der Waals surface area contributed by atoms with E-state index in [0.29, 0.717) is 15.8 Å². The molecule has 118 valence electrons. The van der Waals surface area contributed by atoms with E-state index in [9.17, 15) is 18.0 Å². The highest BCUT2D eigenvalue weighted by Gasteiger charge is 2.31. The monoisotopic (exact) mass is 369 g/mol. The van der Waals surface area contributed by atoms with Crippen LogP contribution in [0.4, 0.5) is 13.2 Å². The minimum atomic E-state index is -4.42. The van der Waals surface area contributed by atoms with E-state index in [4.69, 9.17) is 9.47 Å². The van der Waals surface area contributed by atoms with Crippen molar-refractivity contribution in [1.29, 1.82) is 0 Å². The van der Waals surface area contributed by atoms with Gasteiger partial charge in [-0.1, -0.05) is 6.07 Å². The fourth-order valence-corrected chi connectivity index (χ4v) is 2.20. The number of carbonyl (C=O) groups excluding carboxylic acids is 1. The maximum absolute atomic E-state index is 12.3. The molecule has 1 rings (SSSR count). The number of hydrogen-bond donors (Lipinski definition) is 1. The molecule has 0 fully saturated rings. The quantitative estimate of drug-likeness (QED) is 0.782. The lowest BCUT2D eigenvalue weighted by Crippen LogP contribution is -2.37. The van der Waals surface area contributed by atoms with E-state index in [2.05, 4.69) is 21.2 Å². The smallest absolute Gasteiger partial charge is 0.401 e. The van der Waals surface area contributed by atoms with Gasteiger partial charge in [0.25, 0.3) is 0 Å². The number of carbonyl (C=O) groups is 1. The van der Waals surface area contributed by atoms with Gasteiger partial charge in [0.1, 0.15) is 11.8 Å². The molecule has 0 saturated carbocycles. The molecule has 0 aliphatic rings. The second kappa shape index (κ2) is 7.65. The molecule has 0 radical (unpaired) electrons. The van der Waals surface area contributed by atoms with Crippen molar-refractivity contribution in [2.45, 2.75) is 19.1 Å². The van der Waals surface area contributed by atoms with Crippen molar-refractivity contribution in [3.8, 4) is 5.75 Å². The molecule has 0 aliphatic heterocycles. The summed E-state index contributed by atoms with van der Waals surface area (Å²) < 4.78 is 47.4. The number of nitrogens with one attached hydrogen (secondary N) is 1. The topological polar surface area (TPSA) is 47.6 Å². The first-order valence-corrected chi connectivity index (χ1v) is 6.88. The predicted octanol–water partition coefficient (Wildman–Crippen LogP) is 3.21. The van der Waals surface area contributed by atoms with Crippen LogP contribution in [0.5, 0.6) is 5.75 Å². The first kappa shape index (κ1) is 17.8. The fourth-order valence-electron chi connectivity index (χ4n) is 1.64. The van der Waals surface area contributed by atoms with Crippen molar-refractivity contribution in [2.75, 3.05) is 20.3 Å². The fraction of sp³-hybridized carbons (Fsp3) is 0.462. The molecule has 4 nitrogen and oxygen atoms in total. The van der Waals surface area contributed by atoms with Crippen LogP contribution in [0.1, 0.15) is 18.5 Å².